The van der Waals surface area contributed by atoms with E-state index in [9.17, 15) is 10.1 Å². The molecular weight excluding hydrogens is 230 g/mol. The molecular formula is C13H19N3O2. The lowest BCUT2D eigenvalue weighted by molar-refractivity contribution is -0.384. The molecule has 1 heterocycles. The van der Waals surface area contributed by atoms with Crippen molar-refractivity contribution < 1.29 is 4.92 Å². The lowest BCUT2D eigenvalue weighted by atomic mass is 10.1. The van der Waals surface area contributed by atoms with Crippen molar-refractivity contribution in [1.29, 1.82) is 0 Å². The van der Waals surface area contributed by atoms with E-state index in [0.29, 0.717) is 11.3 Å². The number of benzene rings is 1. The fourth-order valence-electron chi connectivity index (χ4n) is 2.38. The van der Waals surface area contributed by atoms with Gasteiger partial charge in [-0.05, 0) is 32.4 Å². The second-order valence-corrected chi connectivity index (χ2v) is 4.77. The van der Waals surface area contributed by atoms with Crippen molar-refractivity contribution in [2.24, 2.45) is 0 Å². The van der Waals surface area contributed by atoms with E-state index >= 15 is 0 Å². The molecule has 0 spiro atoms. The Balaban J connectivity index is 2.17. The molecule has 0 amide bonds. The van der Waals surface area contributed by atoms with Gasteiger partial charge in [0.05, 0.1) is 4.92 Å². The zero-order chi connectivity index (χ0) is 13.0. The van der Waals surface area contributed by atoms with E-state index < -0.39 is 0 Å². The molecule has 1 unspecified atom stereocenters. The molecule has 0 bridgehead atoms. The number of nitro groups is 1. The third kappa shape index (κ3) is 2.98. The van der Waals surface area contributed by atoms with Gasteiger partial charge in [0.25, 0.3) is 5.69 Å². The molecule has 0 saturated carbocycles. The fourth-order valence-corrected chi connectivity index (χ4v) is 2.38. The molecule has 18 heavy (non-hydrogen) atoms. The first-order chi connectivity index (χ1) is 8.68. The zero-order valence-electron chi connectivity index (χ0n) is 10.6. The van der Waals surface area contributed by atoms with Crippen molar-refractivity contribution in [3.63, 3.8) is 0 Å². The summed E-state index contributed by atoms with van der Waals surface area (Å²) >= 11 is 0. The average molecular weight is 249 g/mol. The van der Waals surface area contributed by atoms with Gasteiger partial charge in [0.1, 0.15) is 5.69 Å². The Kier molecular flexibility index (Phi) is 4.15. The van der Waals surface area contributed by atoms with Gasteiger partial charge in [0.2, 0.25) is 0 Å². The van der Waals surface area contributed by atoms with Crippen LogP contribution in [0.25, 0.3) is 0 Å². The van der Waals surface area contributed by atoms with Crippen LogP contribution in [-0.4, -0.2) is 24.1 Å². The third-order valence-corrected chi connectivity index (χ3v) is 3.33. The Hall–Kier alpha value is -1.62. The lowest BCUT2D eigenvalue weighted by Crippen LogP contribution is -2.31. The Morgan fingerprint density at radius 1 is 1.44 bits per heavy atom. The second kappa shape index (κ2) is 5.82. The van der Waals surface area contributed by atoms with E-state index in [-0.39, 0.29) is 16.7 Å². The smallest absolute Gasteiger partial charge is 0.295 e. The number of aryl methyl sites for hydroxylation is 1. The molecule has 2 rings (SSSR count). The molecule has 1 aromatic rings. The van der Waals surface area contributed by atoms with Gasteiger partial charge in [0.15, 0.2) is 0 Å². The quantitative estimate of drug-likeness (QED) is 0.638. The van der Waals surface area contributed by atoms with E-state index in [0.717, 1.165) is 25.9 Å². The minimum absolute atomic E-state index is 0.196. The van der Waals surface area contributed by atoms with Gasteiger partial charge in [-0.25, -0.2) is 0 Å². The highest BCUT2D eigenvalue weighted by Gasteiger charge is 2.20. The topological polar surface area (TPSA) is 67.2 Å². The van der Waals surface area contributed by atoms with Crippen LogP contribution in [0.3, 0.4) is 0 Å². The van der Waals surface area contributed by atoms with Crippen LogP contribution in [-0.2, 0) is 0 Å². The molecule has 1 saturated heterocycles. The molecule has 1 atom stereocenters. The summed E-state index contributed by atoms with van der Waals surface area (Å²) in [5.74, 6) is 0. The summed E-state index contributed by atoms with van der Waals surface area (Å²) in [6, 6.07) is 5.69. The van der Waals surface area contributed by atoms with E-state index in [1.54, 1.807) is 19.1 Å². The summed E-state index contributed by atoms with van der Waals surface area (Å²) in [6.45, 7) is 3.67. The Morgan fingerprint density at radius 3 is 3.06 bits per heavy atom. The largest absolute Gasteiger partial charge is 0.375 e. The molecule has 0 aliphatic carbocycles. The van der Waals surface area contributed by atoms with Gasteiger partial charge in [-0.2, -0.15) is 0 Å². The molecule has 98 valence electrons. The maximum atomic E-state index is 11.1. The second-order valence-electron chi connectivity index (χ2n) is 4.77. The van der Waals surface area contributed by atoms with Crippen LogP contribution in [0.5, 0.6) is 0 Å². The number of hydrogen-bond acceptors (Lipinski definition) is 4. The van der Waals surface area contributed by atoms with E-state index in [4.69, 9.17) is 0 Å². The number of nitrogens with one attached hydrogen (secondary N) is 2. The highest BCUT2D eigenvalue weighted by molar-refractivity contribution is 5.65. The van der Waals surface area contributed by atoms with Gasteiger partial charge in [0, 0.05) is 18.2 Å². The van der Waals surface area contributed by atoms with Crippen molar-refractivity contribution in [3.05, 3.63) is 33.9 Å². The average Bonchev–Trinajstić information content (AvgIpc) is 2.57. The van der Waals surface area contributed by atoms with E-state index in [1.165, 1.54) is 6.42 Å². The van der Waals surface area contributed by atoms with Crippen LogP contribution in [0.15, 0.2) is 18.2 Å². The van der Waals surface area contributed by atoms with Crippen molar-refractivity contribution in [2.45, 2.75) is 32.2 Å². The van der Waals surface area contributed by atoms with Gasteiger partial charge >= 0.3 is 0 Å². The standard InChI is InChI=1S/C13H19N3O2/c1-10-5-4-7-12(13(10)16(17)18)15-11-6-2-3-8-14-9-11/h4-5,7,11,14-15H,2-3,6,8-9H2,1H3. The minimum Gasteiger partial charge on any atom is -0.375 e. The highest BCUT2D eigenvalue weighted by Crippen LogP contribution is 2.29. The van der Waals surface area contributed by atoms with Crippen molar-refractivity contribution in [2.75, 3.05) is 18.4 Å². The van der Waals surface area contributed by atoms with Crippen LogP contribution in [0, 0.1) is 17.0 Å². The normalized spacial score (nSPS) is 20.2. The van der Waals surface area contributed by atoms with E-state index in [2.05, 4.69) is 10.6 Å². The predicted octanol–water partition coefficient (Wildman–Crippen LogP) is 2.46. The van der Waals surface area contributed by atoms with Crippen LogP contribution < -0.4 is 10.6 Å². The first-order valence-corrected chi connectivity index (χ1v) is 6.40. The van der Waals surface area contributed by atoms with Crippen molar-refractivity contribution >= 4 is 11.4 Å². The molecule has 0 radical (unpaired) electrons. The van der Waals surface area contributed by atoms with Gasteiger partial charge < -0.3 is 10.6 Å². The summed E-state index contributed by atoms with van der Waals surface area (Å²) in [5.41, 5.74) is 1.53. The number of hydrogen-bond donors (Lipinski definition) is 2. The number of rotatable bonds is 3. The lowest BCUT2D eigenvalue weighted by Gasteiger charge is -2.18. The summed E-state index contributed by atoms with van der Waals surface area (Å²) in [6.07, 6.45) is 3.39. The fraction of sp³-hybridized carbons (Fsp3) is 0.538. The Morgan fingerprint density at radius 2 is 2.28 bits per heavy atom. The molecule has 1 aromatic carbocycles. The first kappa shape index (κ1) is 12.8. The van der Waals surface area contributed by atoms with Crippen molar-refractivity contribution in [1.82, 2.24) is 5.32 Å². The van der Waals surface area contributed by atoms with Crippen LogP contribution >= 0.6 is 0 Å². The SMILES string of the molecule is Cc1cccc(NC2CCCCNC2)c1[N+](=O)[O-]. The molecule has 2 N–H and O–H groups in total. The Labute approximate surface area is 107 Å². The maximum Gasteiger partial charge on any atom is 0.295 e. The third-order valence-electron chi connectivity index (χ3n) is 3.33. The van der Waals surface area contributed by atoms with Gasteiger partial charge in [-0.3, -0.25) is 10.1 Å². The first-order valence-electron chi connectivity index (χ1n) is 6.40. The number of nitro benzene ring substituents is 1. The summed E-state index contributed by atoms with van der Waals surface area (Å²) in [4.78, 5) is 10.8. The molecule has 5 nitrogen and oxygen atoms in total. The zero-order valence-corrected chi connectivity index (χ0v) is 10.6. The predicted molar refractivity (Wildman–Crippen MR) is 72.0 cm³/mol. The number of nitrogens with zero attached hydrogens (tertiary/aromatic N) is 1. The minimum atomic E-state index is -0.304. The van der Waals surface area contributed by atoms with Crippen LogP contribution in [0.1, 0.15) is 24.8 Å². The van der Waals surface area contributed by atoms with Crippen LogP contribution in [0.2, 0.25) is 0 Å². The van der Waals surface area contributed by atoms with Gasteiger partial charge in [-0.1, -0.05) is 18.6 Å². The molecule has 5 heteroatoms. The monoisotopic (exact) mass is 249 g/mol. The molecule has 0 aromatic heterocycles. The van der Waals surface area contributed by atoms with Gasteiger partial charge in [-0.15, -0.1) is 0 Å². The number of anilines is 1. The van der Waals surface area contributed by atoms with Crippen LogP contribution in [0.4, 0.5) is 11.4 Å². The summed E-state index contributed by atoms with van der Waals surface area (Å²) in [5, 5.41) is 17.8. The summed E-state index contributed by atoms with van der Waals surface area (Å²) < 4.78 is 0. The van der Waals surface area contributed by atoms with E-state index in [1.807, 2.05) is 6.07 Å². The highest BCUT2D eigenvalue weighted by atomic mass is 16.6. The molecule has 1 fully saturated rings. The summed E-state index contributed by atoms with van der Waals surface area (Å²) in [7, 11) is 0. The maximum absolute atomic E-state index is 11.1. The molecule has 1 aliphatic rings. The molecule has 1 aliphatic heterocycles. The van der Waals surface area contributed by atoms with Crippen molar-refractivity contribution in [3.8, 4) is 0 Å². The Bertz CT molecular complexity index is 426. The number of para-hydroxylation sites is 1.